The second kappa shape index (κ2) is 10.3. The molecule has 5 heteroatoms. The largest absolute Gasteiger partial charge is 0.493 e. The number of hydrogen-bond acceptors (Lipinski definition) is 4. The minimum atomic E-state index is -0.172. The Morgan fingerprint density at radius 2 is 1.69 bits per heavy atom. The highest BCUT2D eigenvalue weighted by molar-refractivity contribution is 5.86. The van der Waals surface area contributed by atoms with Gasteiger partial charge in [0.1, 0.15) is 6.61 Å². The molecule has 4 aromatic carbocycles. The van der Waals surface area contributed by atoms with Crippen LogP contribution in [0.4, 0.5) is 0 Å². The fourth-order valence-corrected chi connectivity index (χ4v) is 3.46. The van der Waals surface area contributed by atoms with E-state index >= 15 is 0 Å². The van der Waals surface area contributed by atoms with Crippen molar-refractivity contribution in [2.45, 2.75) is 13.0 Å². The Labute approximate surface area is 187 Å². The first-order valence-corrected chi connectivity index (χ1v) is 10.4. The van der Waals surface area contributed by atoms with E-state index in [1.54, 1.807) is 13.3 Å². The molecule has 0 unspecified atom stereocenters. The van der Waals surface area contributed by atoms with Crippen LogP contribution in [0.2, 0.25) is 0 Å². The molecule has 32 heavy (non-hydrogen) atoms. The first kappa shape index (κ1) is 21.1. The van der Waals surface area contributed by atoms with Gasteiger partial charge in [0.25, 0.3) is 0 Å². The molecule has 0 aliphatic heterocycles. The van der Waals surface area contributed by atoms with Crippen molar-refractivity contribution in [1.29, 1.82) is 0 Å². The third-order valence-corrected chi connectivity index (χ3v) is 5.06. The summed E-state index contributed by atoms with van der Waals surface area (Å²) in [5.74, 6) is 1.07. The lowest BCUT2D eigenvalue weighted by atomic mass is 10.1. The van der Waals surface area contributed by atoms with E-state index in [1.165, 1.54) is 10.8 Å². The van der Waals surface area contributed by atoms with Crippen molar-refractivity contribution < 1.29 is 14.3 Å². The van der Waals surface area contributed by atoms with Crippen LogP contribution in [0.3, 0.4) is 0 Å². The van der Waals surface area contributed by atoms with E-state index in [2.05, 4.69) is 34.8 Å². The Balaban J connectivity index is 1.39. The van der Waals surface area contributed by atoms with Crippen molar-refractivity contribution in [3.05, 3.63) is 108 Å². The second-order valence-electron chi connectivity index (χ2n) is 7.29. The molecule has 0 fully saturated rings. The van der Waals surface area contributed by atoms with E-state index in [0.29, 0.717) is 18.1 Å². The Hall–Kier alpha value is -4.12. The van der Waals surface area contributed by atoms with E-state index < -0.39 is 0 Å². The maximum absolute atomic E-state index is 12.0. The van der Waals surface area contributed by atoms with Gasteiger partial charge in [-0.25, -0.2) is 5.43 Å². The van der Waals surface area contributed by atoms with Crippen molar-refractivity contribution in [2.24, 2.45) is 5.10 Å². The molecule has 0 spiro atoms. The molecule has 0 heterocycles. The third-order valence-electron chi connectivity index (χ3n) is 5.06. The average molecular weight is 425 g/mol. The van der Waals surface area contributed by atoms with Crippen LogP contribution < -0.4 is 14.9 Å². The van der Waals surface area contributed by atoms with Gasteiger partial charge in [-0.1, -0.05) is 72.8 Å². The highest BCUT2D eigenvalue weighted by Gasteiger charge is 2.08. The summed E-state index contributed by atoms with van der Waals surface area (Å²) in [7, 11) is 1.60. The highest BCUT2D eigenvalue weighted by Crippen LogP contribution is 2.29. The fourth-order valence-electron chi connectivity index (χ4n) is 3.46. The van der Waals surface area contributed by atoms with Crippen molar-refractivity contribution >= 4 is 22.9 Å². The minimum Gasteiger partial charge on any atom is -0.493 e. The zero-order chi connectivity index (χ0) is 22.2. The highest BCUT2D eigenvalue weighted by atomic mass is 16.5. The quantitative estimate of drug-likeness (QED) is 0.315. The molecule has 4 rings (SSSR count). The van der Waals surface area contributed by atoms with Gasteiger partial charge in [0.2, 0.25) is 5.91 Å². The molecule has 1 amide bonds. The molecule has 0 aliphatic rings. The number of nitrogens with zero attached hydrogens (tertiary/aromatic N) is 1. The molecule has 1 N–H and O–H groups in total. The molecule has 5 nitrogen and oxygen atoms in total. The Morgan fingerprint density at radius 3 is 2.53 bits per heavy atom. The zero-order valence-corrected chi connectivity index (χ0v) is 17.8. The van der Waals surface area contributed by atoms with E-state index in [4.69, 9.17) is 9.47 Å². The summed E-state index contributed by atoms with van der Waals surface area (Å²) in [6.07, 6.45) is 1.86. The number of carbonyl (C=O) groups excluding carboxylic acids is 1. The van der Waals surface area contributed by atoms with Gasteiger partial charge in [-0.05, 0) is 45.7 Å². The molecule has 0 atom stereocenters. The molecule has 0 saturated carbocycles. The molecule has 0 aliphatic carbocycles. The van der Waals surface area contributed by atoms with Crippen LogP contribution in [0.15, 0.2) is 96.1 Å². The summed E-state index contributed by atoms with van der Waals surface area (Å²) in [5.41, 5.74) is 5.39. The number of fused-ring (bicyclic) bond motifs is 1. The van der Waals surface area contributed by atoms with Crippen LogP contribution >= 0.6 is 0 Å². The minimum absolute atomic E-state index is 0.172. The van der Waals surface area contributed by atoms with Gasteiger partial charge in [-0.2, -0.15) is 5.10 Å². The molecule has 0 saturated heterocycles. The van der Waals surface area contributed by atoms with Gasteiger partial charge >= 0.3 is 0 Å². The van der Waals surface area contributed by atoms with Gasteiger partial charge in [0.05, 0.1) is 19.7 Å². The molecular weight excluding hydrogens is 400 g/mol. The lowest BCUT2D eigenvalue weighted by Gasteiger charge is -2.12. The first-order valence-electron chi connectivity index (χ1n) is 10.4. The molecule has 0 aromatic heterocycles. The van der Waals surface area contributed by atoms with E-state index in [0.717, 1.165) is 16.7 Å². The normalized spacial score (nSPS) is 10.9. The molecule has 160 valence electrons. The number of hydrazone groups is 1. The van der Waals surface area contributed by atoms with Crippen LogP contribution in [0.25, 0.3) is 10.8 Å². The Bertz CT molecular complexity index is 1230. The van der Waals surface area contributed by atoms with Crippen LogP contribution in [0.5, 0.6) is 11.5 Å². The van der Waals surface area contributed by atoms with E-state index in [9.17, 15) is 4.79 Å². The third kappa shape index (κ3) is 5.32. The van der Waals surface area contributed by atoms with Gasteiger partial charge in [-0.3, -0.25) is 4.79 Å². The summed E-state index contributed by atoms with van der Waals surface area (Å²) in [5, 5.41) is 6.40. The number of rotatable bonds is 8. The van der Waals surface area contributed by atoms with Crippen LogP contribution in [0.1, 0.15) is 16.7 Å². The summed E-state index contributed by atoms with van der Waals surface area (Å²) in [6.45, 7) is 0.431. The summed E-state index contributed by atoms with van der Waals surface area (Å²) < 4.78 is 11.5. The maximum Gasteiger partial charge on any atom is 0.244 e. The topological polar surface area (TPSA) is 59.9 Å². The van der Waals surface area contributed by atoms with Gasteiger partial charge in [0.15, 0.2) is 11.5 Å². The van der Waals surface area contributed by atoms with Crippen LogP contribution in [-0.4, -0.2) is 19.2 Å². The Morgan fingerprint density at radius 1 is 0.906 bits per heavy atom. The van der Waals surface area contributed by atoms with Crippen molar-refractivity contribution in [3.8, 4) is 11.5 Å². The number of nitrogens with one attached hydrogen (secondary N) is 1. The standard InChI is InChI=1S/C27H24N2O3/c1-31-26-16-21(18-28-29-27(30)17-20-8-3-2-4-9-20)14-15-25(26)32-19-23-12-7-11-22-10-5-6-13-24(22)23/h2-16,18H,17,19H2,1H3,(H,29,30)/b28-18-. The number of ether oxygens (including phenoxy) is 2. The molecule has 0 radical (unpaired) electrons. The number of carbonyl (C=O) groups is 1. The first-order chi connectivity index (χ1) is 15.7. The van der Waals surface area contributed by atoms with Gasteiger partial charge < -0.3 is 9.47 Å². The van der Waals surface area contributed by atoms with E-state index in [1.807, 2.05) is 66.7 Å². The number of amides is 1. The maximum atomic E-state index is 12.0. The molecule has 0 bridgehead atoms. The number of methoxy groups -OCH3 is 1. The second-order valence-corrected chi connectivity index (χ2v) is 7.29. The molecular formula is C27H24N2O3. The van der Waals surface area contributed by atoms with Crippen molar-refractivity contribution in [2.75, 3.05) is 7.11 Å². The lowest BCUT2D eigenvalue weighted by molar-refractivity contribution is -0.120. The molecule has 4 aromatic rings. The van der Waals surface area contributed by atoms with E-state index in [-0.39, 0.29) is 12.3 Å². The van der Waals surface area contributed by atoms with Crippen molar-refractivity contribution in [3.63, 3.8) is 0 Å². The van der Waals surface area contributed by atoms with Crippen LogP contribution in [-0.2, 0) is 17.8 Å². The van der Waals surface area contributed by atoms with Gasteiger partial charge in [-0.15, -0.1) is 0 Å². The van der Waals surface area contributed by atoms with Crippen molar-refractivity contribution in [1.82, 2.24) is 5.43 Å². The fraction of sp³-hybridized carbons (Fsp3) is 0.111. The predicted molar refractivity (Wildman–Crippen MR) is 127 cm³/mol. The summed E-state index contributed by atoms with van der Waals surface area (Å²) >= 11 is 0. The van der Waals surface area contributed by atoms with Crippen LogP contribution in [0, 0.1) is 0 Å². The average Bonchev–Trinajstić information content (AvgIpc) is 2.83. The SMILES string of the molecule is COc1cc(/C=N\NC(=O)Cc2ccccc2)ccc1OCc1cccc2ccccc12. The van der Waals surface area contributed by atoms with Gasteiger partial charge in [0, 0.05) is 0 Å². The Kier molecular flexibility index (Phi) is 6.78. The lowest BCUT2D eigenvalue weighted by Crippen LogP contribution is -2.19. The number of benzene rings is 4. The monoisotopic (exact) mass is 424 g/mol. The number of hydrogen-bond donors (Lipinski definition) is 1. The summed E-state index contributed by atoms with van der Waals surface area (Å²) in [4.78, 5) is 12.0. The predicted octanol–water partition coefficient (Wildman–Crippen LogP) is 5.12. The zero-order valence-electron chi connectivity index (χ0n) is 17.8. The smallest absolute Gasteiger partial charge is 0.244 e. The summed E-state index contributed by atoms with van der Waals surface area (Å²) in [6, 6.07) is 29.5.